The van der Waals surface area contributed by atoms with E-state index in [0.29, 0.717) is 6.04 Å². The van der Waals surface area contributed by atoms with E-state index in [1.165, 1.54) is 15.7 Å². The van der Waals surface area contributed by atoms with Crippen molar-refractivity contribution in [3.63, 3.8) is 0 Å². The summed E-state index contributed by atoms with van der Waals surface area (Å²) in [6, 6.07) is 7.09. The van der Waals surface area contributed by atoms with E-state index in [4.69, 9.17) is 5.73 Å². The van der Waals surface area contributed by atoms with Gasteiger partial charge in [0.05, 0.1) is 0 Å². The summed E-state index contributed by atoms with van der Waals surface area (Å²) in [6.45, 7) is 9.48. The number of aryl methyl sites for hydroxylation is 1. The molecule has 2 rings (SSSR count). The van der Waals surface area contributed by atoms with Crippen molar-refractivity contribution in [3.05, 3.63) is 28.2 Å². The largest absolute Gasteiger partial charge is 0.369 e. The van der Waals surface area contributed by atoms with Gasteiger partial charge in [-0.2, -0.15) is 0 Å². The summed E-state index contributed by atoms with van der Waals surface area (Å²) in [5.74, 6) is 0. The lowest BCUT2D eigenvalue weighted by molar-refractivity contribution is 0.201. The molecule has 3 nitrogen and oxygen atoms in total. The summed E-state index contributed by atoms with van der Waals surface area (Å²) in [5.41, 5.74) is 8.35. The molecule has 0 spiro atoms. The summed E-state index contributed by atoms with van der Waals surface area (Å²) in [7, 11) is 0. The van der Waals surface area contributed by atoms with Crippen molar-refractivity contribution in [1.29, 1.82) is 0 Å². The van der Waals surface area contributed by atoms with Crippen LogP contribution in [0.25, 0.3) is 0 Å². The lowest BCUT2D eigenvalue weighted by Crippen LogP contribution is -2.51. The molecule has 0 bridgehead atoms. The SMILES string of the molecule is Cc1cc(N2CCN(C(C)CN)CC2)ccc1Br. The van der Waals surface area contributed by atoms with E-state index in [1.54, 1.807) is 0 Å². The quantitative estimate of drug-likeness (QED) is 0.929. The number of halogens is 1. The summed E-state index contributed by atoms with van der Waals surface area (Å²) in [5, 5.41) is 0. The molecule has 0 saturated carbocycles. The van der Waals surface area contributed by atoms with Gasteiger partial charge in [-0.05, 0) is 37.6 Å². The van der Waals surface area contributed by atoms with E-state index in [1.807, 2.05) is 0 Å². The number of piperazine rings is 1. The topological polar surface area (TPSA) is 32.5 Å². The first-order valence-electron chi connectivity index (χ1n) is 6.57. The molecule has 2 N–H and O–H groups in total. The van der Waals surface area contributed by atoms with Gasteiger partial charge in [-0.25, -0.2) is 0 Å². The highest BCUT2D eigenvalue weighted by Gasteiger charge is 2.20. The first kappa shape index (κ1) is 13.8. The van der Waals surface area contributed by atoms with E-state index < -0.39 is 0 Å². The maximum absolute atomic E-state index is 5.72. The van der Waals surface area contributed by atoms with Crippen LogP contribution in [-0.4, -0.2) is 43.7 Å². The number of rotatable bonds is 3. The second-order valence-corrected chi connectivity index (χ2v) is 5.90. The van der Waals surface area contributed by atoms with Gasteiger partial charge in [-0.15, -0.1) is 0 Å². The highest BCUT2D eigenvalue weighted by molar-refractivity contribution is 9.10. The van der Waals surface area contributed by atoms with Gasteiger partial charge in [-0.3, -0.25) is 4.90 Å². The highest BCUT2D eigenvalue weighted by Crippen LogP contribution is 2.24. The van der Waals surface area contributed by atoms with Gasteiger partial charge in [0.2, 0.25) is 0 Å². The Balaban J connectivity index is 1.99. The van der Waals surface area contributed by atoms with Crippen molar-refractivity contribution in [3.8, 4) is 0 Å². The lowest BCUT2D eigenvalue weighted by atomic mass is 10.1. The number of anilines is 1. The first-order valence-corrected chi connectivity index (χ1v) is 7.36. The molecule has 100 valence electrons. The van der Waals surface area contributed by atoms with Crippen molar-refractivity contribution < 1.29 is 0 Å². The highest BCUT2D eigenvalue weighted by atomic mass is 79.9. The normalized spacial score (nSPS) is 19.0. The van der Waals surface area contributed by atoms with Gasteiger partial charge < -0.3 is 10.6 Å². The predicted molar refractivity (Wildman–Crippen MR) is 81.2 cm³/mol. The first-order chi connectivity index (χ1) is 8.61. The van der Waals surface area contributed by atoms with Gasteiger partial charge in [0.1, 0.15) is 0 Å². The Hall–Kier alpha value is -0.580. The van der Waals surface area contributed by atoms with Crippen LogP contribution >= 0.6 is 15.9 Å². The molecule has 1 aromatic carbocycles. The molecule has 0 radical (unpaired) electrons. The summed E-state index contributed by atoms with van der Waals surface area (Å²) in [4.78, 5) is 4.93. The van der Waals surface area contributed by atoms with Crippen molar-refractivity contribution in [1.82, 2.24) is 4.90 Å². The Morgan fingerprint density at radius 2 is 1.94 bits per heavy atom. The Bertz CT molecular complexity index is 400. The minimum atomic E-state index is 0.499. The van der Waals surface area contributed by atoms with Gasteiger partial charge in [0.25, 0.3) is 0 Å². The Labute approximate surface area is 118 Å². The fraction of sp³-hybridized carbons (Fsp3) is 0.571. The molecule has 1 atom stereocenters. The maximum atomic E-state index is 5.72. The third-order valence-corrected chi connectivity index (χ3v) is 4.68. The van der Waals surface area contributed by atoms with Crippen LogP contribution < -0.4 is 10.6 Å². The molecule has 18 heavy (non-hydrogen) atoms. The molecule has 0 amide bonds. The van der Waals surface area contributed by atoms with E-state index in [2.05, 4.69) is 57.8 Å². The molecule has 1 saturated heterocycles. The number of nitrogens with zero attached hydrogens (tertiary/aromatic N) is 2. The van der Waals surface area contributed by atoms with Crippen LogP contribution in [0.1, 0.15) is 12.5 Å². The van der Waals surface area contributed by atoms with Gasteiger partial charge >= 0.3 is 0 Å². The number of hydrogen-bond acceptors (Lipinski definition) is 3. The zero-order valence-electron chi connectivity index (χ0n) is 11.2. The summed E-state index contributed by atoms with van der Waals surface area (Å²) < 4.78 is 1.18. The molecular weight excluding hydrogens is 290 g/mol. The Morgan fingerprint density at radius 1 is 1.28 bits per heavy atom. The minimum Gasteiger partial charge on any atom is -0.369 e. The van der Waals surface area contributed by atoms with Crippen LogP contribution in [0.4, 0.5) is 5.69 Å². The fourth-order valence-electron chi connectivity index (χ4n) is 2.40. The lowest BCUT2D eigenvalue weighted by Gasteiger charge is -2.39. The summed E-state index contributed by atoms with van der Waals surface area (Å²) >= 11 is 3.55. The minimum absolute atomic E-state index is 0.499. The van der Waals surface area contributed by atoms with E-state index >= 15 is 0 Å². The second kappa shape index (κ2) is 6.04. The molecule has 0 aromatic heterocycles. The molecule has 1 aliphatic heterocycles. The van der Waals surface area contributed by atoms with Crippen molar-refractivity contribution in [2.75, 3.05) is 37.6 Å². The number of nitrogens with two attached hydrogens (primary N) is 1. The van der Waals surface area contributed by atoms with E-state index in [0.717, 1.165) is 32.7 Å². The molecule has 1 fully saturated rings. The van der Waals surface area contributed by atoms with Crippen LogP contribution in [-0.2, 0) is 0 Å². The molecule has 1 aliphatic rings. The Morgan fingerprint density at radius 3 is 2.50 bits per heavy atom. The maximum Gasteiger partial charge on any atom is 0.0370 e. The molecule has 4 heteroatoms. The van der Waals surface area contributed by atoms with Crippen LogP contribution in [0.5, 0.6) is 0 Å². The molecule has 1 aromatic rings. The molecule has 1 heterocycles. The second-order valence-electron chi connectivity index (χ2n) is 5.04. The standard InChI is InChI=1S/C14H22BrN3/c1-11-9-13(3-4-14(11)15)18-7-5-17(6-8-18)12(2)10-16/h3-4,9,12H,5-8,10,16H2,1-2H3. The molecular formula is C14H22BrN3. The van der Waals surface area contributed by atoms with Crippen LogP contribution in [0.2, 0.25) is 0 Å². The third kappa shape index (κ3) is 3.05. The van der Waals surface area contributed by atoms with Crippen molar-refractivity contribution >= 4 is 21.6 Å². The van der Waals surface area contributed by atoms with E-state index in [-0.39, 0.29) is 0 Å². The number of hydrogen-bond donors (Lipinski definition) is 1. The Kier molecular flexibility index (Phi) is 4.65. The van der Waals surface area contributed by atoms with E-state index in [9.17, 15) is 0 Å². The number of benzene rings is 1. The third-order valence-electron chi connectivity index (χ3n) is 3.79. The van der Waals surface area contributed by atoms with Crippen molar-refractivity contribution in [2.45, 2.75) is 19.9 Å². The zero-order valence-corrected chi connectivity index (χ0v) is 12.8. The van der Waals surface area contributed by atoms with Crippen LogP contribution in [0.15, 0.2) is 22.7 Å². The van der Waals surface area contributed by atoms with Gasteiger partial charge in [-0.1, -0.05) is 15.9 Å². The zero-order chi connectivity index (χ0) is 13.1. The van der Waals surface area contributed by atoms with Crippen LogP contribution in [0.3, 0.4) is 0 Å². The molecule has 1 unspecified atom stereocenters. The van der Waals surface area contributed by atoms with Crippen molar-refractivity contribution in [2.24, 2.45) is 5.73 Å². The monoisotopic (exact) mass is 311 g/mol. The predicted octanol–water partition coefficient (Wildman–Crippen LogP) is 2.23. The molecule has 0 aliphatic carbocycles. The average Bonchev–Trinajstić information content (AvgIpc) is 2.41. The van der Waals surface area contributed by atoms with Crippen LogP contribution in [0, 0.1) is 6.92 Å². The van der Waals surface area contributed by atoms with Gasteiger partial charge in [0.15, 0.2) is 0 Å². The fourth-order valence-corrected chi connectivity index (χ4v) is 2.64. The average molecular weight is 312 g/mol. The van der Waals surface area contributed by atoms with Gasteiger partial charge in [0, 0.05) is 48.9 Å². The smallest absolute Gasteiger partial charge is 0.0370 e. The summed E-state index contributed by atoms with van der Waals surface area (Å²) in [6.07, 6.45) is 0.